The van der Waals surface area contributed by atoms with E-state index in [0.717, 1.165) is 56.9 Å². The predicted molar refractivity (Wildman–Crippen MR) is 453 cm³/mol. The fraction of sp³-hybridized carbons (Fsp3) is 0.902. The second-order valence-electron chi connectivity index (χ2n) is 46.4. The Labute approximate surface area is 723 Å². The van der Waals surface area contributed by atoms with Crippen molar-refractivity contribution in [1.29, 1.82) is 0 Å². The summed E-state index contributed by atoms with van der Waals surface area (Å²) in [5.74, 6) is -0.401. The highest BCUT2D eigenvalue weighted by Gasteiger charge is 2.78. The van der Waals surface area contributed by atoms with Gasteiger partial charge in [0.1, 0.15) is 18.5 Å². The Morgan fingerprint density at radius 3 is 0.951 bits per heavy atom. The lowest BCUT2D eigenvalue weighted by atomic mass is 9.33. The van der Waals surface area contributed by atoms with Gasteiger partial charge in [0.05, 0.1) is 34.6 Å². The maximum Gasteiger partial charge on any atom is 0.472 e. The number of hydrogen-bond donors (Lipinski definition) is 10. The van der Waals surface area contributed by atoms with Crippen molar-refractivity contribution in [3.8, 4) is 0 Å². The number of hydrogen-bond acceptors (Lipinski definition) is 14. The molecule has 0 aromatic heterocycles. The monoisotopic (exact) mass is 1800 g/mol. The molecule has 30 heteroatoms. The number of fused-ring (bicyclic) bond motifs is 21. The molecular weight excluding hydrogens is 1650 g/mol. The zero-order chi connectivity index (χ0) is 90.8. The summed E-state index contributed by atoms with van der Waals surface area (Å²) in [4.78, 5) is 115. The first kappa shape index (κ1) is 97.4. The first-order valence-electron chi connectivity index (χ1n) is 45.9. The van der Waals surface area contributed by atoms with Crippen molar-refractivity contribution in [3.63, 3.8) is 0 Å². The molecule has 12 fully saturated rings. The zero-order valence-corrected chi connectivity index (χ0v) is 80.0. The molecule has 23 nitrogen and oxygen atoms in total. The number of rotatable bonds is 13. The number of phosphoric acid groups is 4. The minimum atomic E-state index is -4.81. The lowest BCUT2D eigenvalue weighted by molar-refractivity contribution is -0.232. The minimum Gasteiger partial charge on any atom is -0.481 e. The van der Waals surface area contributed by atoms with Crippen LogP contribution in [-0.2, 0) is 60.2 Å². The number of carboxylic acid groups (broad SMARTS) is 1. The third-order valence-electron chi connectivity index (χ3n) is 41.5. The maximum atomic E-state index is 17.2. The molecule has 122 heavy (non-hydrogen) atoms. The highest BCUT2D eigenvalue weighted by molar-refractivity contribution is 7.47. The summed E-state index contributed by atoms with van der Waals surface area (Å²) < 4.78 is 127. The smallest absolute Gasteiger partial charge is 0.472 e. The zero-order valence-electron chi connectivity index (χ0n) is 76.4. The first-order valence-corrected chi connectivity index (χ1v) is 52.1. The van der Waals surface area contributed by atoms with Gasteiger partial charge in [-0.05, 0) is 292 Å². The minimum absolute atomic E-state index is 0.0276. The van der Waals surface area contributed by atoms with Crippen molar-refractivity contribution in [2.75, 3.05) is 13.6 Å². The van der Waals surface area contributed by atoms with Crippen molar-refractivity contribution >= 4 is 49.2 Å². The molecule has 0 aromatic carbocycles. The molecule has 0 saturated heterocycles. The molecule has 0 radical (unpaired) electrons. The van der Waals surface area contributed by atoms with E-state index in [-0.39, 0.29) is 99.1 Å². The van der Waals surface area contributed by atoms with Gasteiger partial charge in [-0.15, -0.1) is 0 Å². The largest absolute Gasteiger partial charge is 0.481 e. The van der Waals surface area contributed by atoms with Crippen LogP contribution in [0.2, 0.25) is 0 Å². The van der Waals surface area contributed by atoms with Gasteiger partial charge in [0.25, 0.3) is 0 Å². The molecule has 15 rings (SSSR count). The number of aliphatic carboxylic acids is 1. The molecule has 0 aromatic rings. The van der Waals surface area contributed by atoms with E-state index in [1.54, 1.807) is 0 Å². The third-order valence-corrected chi connectivity index (χ3v) is 43.4. The molecule has 12 saturated carbocycles. The van der Waals surface area contributed by atoms with Crippen molar-refractivity contribution in [3.05, 3.63) is 34.9 Å². The van der Waals surface area contributed by atoms with Crippen LogP contribution in [0.3, 0.4) is 0 Å². The molecule has 696 valence electrons. The first-order chi connectivity index (χ1) is 55.8. The lowest BCUT2D eigenvalue weighted by Crippen LogP contribution is -2.68. The van der Waals surface area contributed by atoms with Gasteiger partial charge in [-0.25, -0.2) is 40.5 Å². The van der Waals surface area contributed by atoms with E-state index >= 15 is 13.2 Å². The van der Waals surface area contributed by atoms with Crippen molar-refractivity contribution in [2.45, 2.75) is 336 Å². The van der Waals surface area contributed by atoms with Gasteiger partial charge in [0, 0.05) is 16.2 Å². The second kappa shape index (κ2) is 31.8. The highest BCUT2D eigenvalue weighted by Crippen LogP contribution is 2.82. The Kier molecular flexibility index (Phi) is 25.4. The van der Waals surface area contributed by atoms with E-state index in [9.17, 15) is 62.4 Å². The van der Waals surface area contributed by atoms with Gasteiger partial charge in [-0.2, -0.15) is 0 Å². The van der Waals surface area contributed by atoms with E-state index in [2.05, 4.69) is 145 Å². The SMILES string of the molecule is CC1CCC2(C(=O)O)CCC3(C)C(=CCC4C5(C)CCC(OP(=O)(O)O)C(C)(C)C5CC(F)C43C)C2C1C.CC1CCC2(C(=O)OCOP(=O)(O)O)CCC3(C)C(=CCC4C5(C)CCC(O)C(C)(C)C5CC(F)C43C)C2C1C.CC1CCC2(C(=O)OCOP(=O)(O)O)CCC3(C)C(=CCC4C5(C)CCC(OP(=O)(O)O)C(C)(C)C5CC(F)C43C)C2C1C. The maximum absolute atomic E-state index is 17.2. The van der Waals surface area contributed by atoms with E-state index in [0.29, 0.717) is 114 Å². The quantitative estimate of drug-likeness (QED) is 0.0354. The average molecular weight is 1800 g/mol. The van der Waals surface area contributed by atoms with E-state index in [1.165, 1.54) is 11.1 Å². The Hall–Kier alpha value is -2.18. The van der Waals surface area contributed by atoms with Crippen molar-refractivity contribution in [1.82, 2.24) is 0 Å². The van der Waals surface area contributed by atoms with Gasteiger partial charge in [0.15, 0.2) is 0 Å². The normalized spacial score (nSPS) is 49.5. The number of halogens is 3. The summed E-state index contributed by atoms with van der Waals surface area (Å²) in [5.41, 5.74) is -4.57. The molecular formula is C92H149F3O23P4. The van der Waals surface area contributed by atoms with E-state index in [1.807, 2.05) is 27.7 Å². The second-order valence-corrected chi connectivity index (χ2v) is 51.3. The van der Waals surface area contributed by atoms with Crippen LogP contribution in [0, 0.1) is 170 Å². The van der Waals surface area contributed by atoms with Crippen LogP contribution in [0.25, 0.3) is 0 Å². The summed E-state index contributed by atoms with van der Waals surface area (Å²) in [5, 5.41) is 21.5. The molecule has 0 aliphatic heterocycles. The molecule has 33 atom stereocenters. The van der Waals surface area contributed by atoms with E-state index < -0.39 is 159 Å². The van der Waals surface area contributed by atoms with Gasteiger partial charge in [-0.1, -0.05) is 180 Å². The topological polar surface area (TPSA) is 377 Å². The third kappa shape index (κ3) is 14.7. The number of aliphatic hydroxyl groups is 1. The van der Waals surface area contributed by atoms with E-state index in [4.69, 9.17) is 38.1 Å². The summed E-state index contributed by atoms with van der Waals surface area (Å²) in [6.45, 7) is 43.6. The van der Waals surface area contributed by atoms with Crippen molar-refractivity contribution < 1.29 is 123 Å². The van der Waals surface area contributed by atoms with Gasteiger partial charge in [0.2, 0.25) is 13.6 Å². The number of ether oxygens (including phenoxy) is 2. The molecule has 15 aliphatic rings. The summed E-state index contributed by atoms with van der Waals surface area (Å²) >= 11 is 0. The van der Waals surface area contributed by atoms with Crippen molar-refractivity contribution in [2.24, 2.45) is 170 Å². The standard InChI is InChI=1S/C31H51FO10P2.C31H50FO7P.C30H48FO6P/c1-18-10-13-31(26(33)40-17-41-43(34,35)36)15-14-29(6)20(25(31)19(18)2)8-9-21-28(5)12-11-24(42-44(37,38)39)27(3,4)22(28)16-23(32)30(21,29)7;1-18-10-13-31(26(34)38-17-39-40(35,36)37)15-14-29(6)20(25(31)19(18)2)8-9-21-28(5)12-11-24(33)27(3,4)22(28)16-23(32)30(21,29)7;1-17-10-13-30(25(32)33)15-14-28(6)19(24(30)18(17)2)8-9-20-27(5)12-11-23(37-38(34,35)36)26(3,4)21(27)16-22(31)29(20,28)7/h8,18-19,21-25H,9-17H2,1-7H3,(H2,34,35,36)(H2,37,38,39);8,18-19,21-25,33H,9-17H2,1-7H3,(H2,35,36,37);8,17-18,20-24H,9-16H2,1-7H3,(H,32,33)(H2,34,35,36). The van der Waals surface area contributed by atoms with Crippen LogP contribution >= 0.6 is 31.3 Å². The Morgan fingerprint density at radius 1 is 0.377 bits per heavy atom. The lowest BCUT2D eigenvalue weighted by Gasteiger charge is -2.72. The summed E-state index contributed by atoms with van der Waals surface area (Å²) in [7, 11) is -19.0. The average Bonchev–Trinajstić information content (AvgIpc) is 0.676. The molecule has 33 unspecified atom stereocenters. The number of allylic oxidation sites excluding steroid dienone is 6. The molecule has 15 aliphatic carbocycles. The summed E-state index contributed by atoms with van der Waals surface area (Å²) in [6, 6.07) is 0. The van der Waals surface area contributed by atoms with Crippen LogP contribution in [0.1, 0.15) is 299 Å². The van der Waals surface area contributed by atoms with Crippen LogP contribution in [0.4, 0.5) is 13.2 Å². The van der Waals surface area contributed by atoms with Crippen LogP contribution in [-0.4, -0.2) is 118 Å². The number of esters is 2. The molecule has 0 heterocycles. The number of alkyl halides is 3. The number of carbonyl (C=O) groups excluding carboxylic acids is 2. The Bertz CT molecular complexity index is 4340. The van der Waals surface area contributed by atoms with Crippen LogP contribution in [0.5, 0.6) is 0 Å². The van der Waals surface area contributed by atoms with Gasteiger partial charge in [-0.3, -0.25) is 23.4 Å². The van der Waals surface area contributed by atoms with Gasteiger partial charge < -0.3 is 58.8 Å². The predicted octanol–water partition coefficient (Wildman–Crippen LogP) is 20.4. The fourth-order valence-electron chi connectivity index (χ4n) is 33.5. The summed E-state index contributed by atoms with van der Waals surface area (Å²) in [6.07, 6.45) is 17.2. The number of carbonyl (C=O) groups is 3. The number of phosphoric ester groups is 4. The van der Waals surface area contributed by atoms with Crippen LogP contribution in [0.15, 0.2) is 34.9 Å². The van der Waals surface area contributed by atoms with Gasteiger partial charge >= 0.3 is 49.2 Å². The number of aliphatic hydroxyl groups excluding tert-OH is 1. The Balaban J connectivity index is 0.000000158. The molecule has 0 bridgehead atoms. The molecule has 0 amide bonds. The Morgan fingerprint density at radius 2 is 0.656 bits per heavy atom. The highest BCUT2D eigenvalue weighted by atomic mass is 31.2. The molecule has 0 spiro atoms. The van der Waals surface area contributed by atoms with Crippen LogP contribution < -0.4 is 0 Å². The fourth-order valence-corrected chi connectivity index (χ4v) is 35.3. The molecule has 10 N–H and O–H groups in total. The number of carboxylic acids is 1.